The number of hydrogen-bond acceptors (Lipinski definition) is 7. The number of rotatable bonds is 8. The molecule has 1 aromatic heterocycles. The van der Waals surface area contributed by atoms with Gasteiger partial charge in [0.1, 0.15) is 12.1 Å². The molecule has 0 spiro atoms. The molecule has 41 heavy (non-hydrogen) atoms. The normalized spacial score (nSPS) is 14.9. The molecule has 0 N–H and O–H groups in total. The van der Waals surface area contributed by atoms with Crippen LogP contribution in [0.15, 0.2) is 83.3 Å². The van der Waals surface area contributed by atoms with Crippen molar-refractivity contribution in [1.29, 1.82) is 0 Å². The highest BCUT2D eigenvalue weighted by Gasteiger charge is 2.32. The van der Waals surface area contributed by atoms with Gasteiger partial charge in [0.2, 0.25) is 5.91 Å². The van der Waals surface area contributed by atoms with Crippen LogP contribution in [0.25, 0.3) is 17.1 Å². The van der Waals surface area contributed by atoms with Crippen LogP contribution >= 0.6 is 11.8 Å². The number of anilines is 1. The van der Waals surface area contributed by atoms with Crippen molar-refractivity contribution in [1.82, 2.24) is 14.8 Å². The lowest BCUT2D eigenvalue weighted by Crippen LogP contribution is -2.30. The molecule has 3 aromatic carbocycles. The molecule has 8 nitrogen and oxygen atoms in total. The smallest absolute Gasteiger partial charge is 0.406 e. The second kappa shape index (κ2) is 12.0. The summed E-state index contributed by atoms with van der Waals surface area (Å²) in [5.41, 5.74) is 5.09. The highest BCUT2D eigenvalue weighted by atomic mass is 32.2. The largest absolute Gasteiger partial charge is 0.573 e. The molecule has 1 fully saturated rings. The first-order valence-electron chi connectivity index (χ1n) is 12.8. The Morgan fingerprint density at radius 1 is 1.07 bits per heavy atom. The molecule has 1 amide bonds. The van der Waals surface area contributed by atoms with Gasteiger partial charge in [-0.05, 0) is 54.3 Å². The van der Waals surface area contributed by atoms with Crippen molar-refractivity contribution in [2.75, 3.05) is 10.7 Å². The number of halogens is 3. The number of benzene rings is 3. The fraction of sp³-hybridized carbons (Fsp3) is 0.207. The first-order valence-corrected chi connectivity index (χ1v) is 13.7. The van der Waals surface area contributed by atoms with Crippen LogP contribution in [0.5, 0.6) is 5.75 Å². The van der Waals surface area contributed by atoms with Gasteiger partial charge in [0.25, 0.3) is 0 Å². The maximum Gasteiger partial charge on any atom is 0.573 e. The summed E-state index contributed by atoms with van der Waals surface area (Å²) in [4.78, 5) is 18.7. The van der Waals surface area contributed by atoms with E-state index in [1.54, 1.807) is 11.1 Å². The van der Waals surface area contributed by atoms with E-state index in [9.17, 15) is 18.0 Å². The van der Waals surface area contributed by atoms with Gasteiger partial charge in [-0.1, -0.05) is 67.6 Å². The molecule has 4 aromatic rings. The van der Waals surface area contributed by atoms with E-state index >= 15 is 0 Å². The summed E-state index contributed by atoms with van der Waals surface area (Å²) in [6.07, 6.45) is 0.174. The topological polar surface area (TPSA) is 85.0 Å². The number of alkyl halides is 3. The van der Waals surface area contributed by atoms with E-state index in [2.05, 4.69) is 31.9 Å². The first kappa shape index (κ1) is 28.1. The Balaban J connectivity index is 1.28. The van der Waals surface area contributed by atoms with Crippen molar-refractivity contribution in [2.24, 2.45) is 10.2 Å². The van der Waals surface area contributed by atoms with E-state index in [-0.39, 0.29) is 11.7 Å². The number of ether oxygens (including phenoxy) is 1. The van der Waals surface area contributed by atoms with Crippen molar-refractivity contribution in [3.8, 4) is 22.8 Å². The third kappa shape index (κ3) is 6.65. The Bertz CT molecular complexity index is 1600. The molecule has 210 valence electrons. The van der Waals surface area contributed by atoms with Gasteiger partial charge in [-0.15, -0.1) is 23.4 Å². The lowest BCUT2D eigenvalue weighted by Gasteiger charge is -2.21. The minimum atomic E-state index is -4.75. The van der Waals surface area contributed by atoms with E-state index in [1.165, 1.54) is 47.0 Å². The summed E-state index contributed by atoms with van der Waals surface area (Å²) < 4.78 is 42.5. The minimum absolute atomic E-state index is 0.0162. The fourth-order valence-electron chi connectivity index (χ4n) is 4.35. The Kier molecular flexibility index (Phi) is 8.20. The zero-order chi connectivity index (χ0) is 29.0. The molecule has 0 radical (unpaired) electrons. The molecule has 1 aliphatic heterocycles. The van der Waals surface area contributed by atoms with Gasteiger partial charge in [0.15, 0.2) is 11.0 Å². The lowest BCUT2D eigenvalue weighted by atomic mass is 10.0. The summed E-state index contributed by atoms with van der Waals surface area (Å²) in [6.45, 7) is 4.10. The summed E-state index contributed by atoms with van der Waals surface area (Å²) in [6, 6.07) is 18.7. The number of amidine groups is 1. The molecule has 2 heterocycles. The zero-order valence-corrected chi connectivity index (χ0v) is 23.0. The predicted octanol–water partition coefficient (Wildman–Crippen LogP) is 6.56. The Labute approximate surface area is 238 Å². The van der Waals surface area contributed by atoms with E-state index in [0.29, 0.717) is 22.4 Å². The monoisotopic (exact) mass is 578 g/mol. The standard InChI is InChI=1S/C29H25F3N6O2S/c1-3-5-21-7-4-6-19(2)26(21)38-25(39)17-41-28(38)35-34-16-20-8-10-22(11-9-20)27-33-18-37(36-27)23-12-14-24(15-13-23)40-29(30,31)32/h4,6-16,18H,3,5,17H2,1-2H3/b34-16+,35-28-. The predicted molar refractivity (Wildman–Crippen MR) is 154 cm³/mol. The molecule has 5 rings (SSSR count). The molecule has 0 saturated carbocycles. The third-order valence-corrected chi connectivity index (χ3v) is 7.09. The molecule has 1 aliphatic rings. The van der Waals surface area contributed by atoms with Crippen molar-refractivity contribution >= 4 is 34.7 Å². The molecule has 0 aliphatic carbocycles. The van der Waals surface area contributed by atoms with Crippen molar-refractivity contribution in [3.05, 3.63) is 89.7 Å². The lowest BCUT2D eigenvalue weighted by molar-refractivity contribution is -0.274. The Morgan fingerprint density at radius 3 is 2.54 bits per heavy atom. The quantitative estimate of drug-likeness (QED) is 0.175. The number of carbonyl (C=O) groups excluding carboxylic acids is 1. The van der Waals surface area contributed by atoms with Gasteiger partial charge in [0, 0.05) is 5.56 Å². The van der Waals surface area contributed by atoms with Crippen LogP contribution in [0.4, 0.5) is 18.9 Å². The van der Waals surface area contributed by atoms with Gasteiger partial charge >= 0.3 is 6.36 Å². The summed E-state index contributed by atoms with van der Waals surface area (Å²) in [5, 5.41) is 13.6. The number of aromatic nitrogens is 3. The first-order chi connectivity index (χ1) is 19.7. The molecule has 12 heteroatoms. The number of carbonyl (C=O) groups is 1. The second-order valence-electron chi connectivity index (χ2n) is 9.15. The third-order valence-electron chi connectivity index (χ3n) is 6.18. The number of hydrogen-bond donors (Lipinski definition) is 0. The van der Waals surface area contributed by atoms with Crippen molar-refractivity contribution in [3.63, 3.8) is 0 Å². The van der Waals surface area contributed by atoms with Gasteiger partial charge < -0.3 is 4.74 Å². The van der Waals surface area contributed by atoms with E-state index in [1.807, 2.05) is 49.4 Å². The van der Waals surface area contributed by atoms with Crippen LogP contribution in [0.2, 0.25) is 0 Å². The van der Waals surface area contributed by atoms with Crippen LogP contribution in [0, 0.1) is 6.92 Å². The van der Waals surface area contributed by atoms with Crippen molar-refractivity contribution < 1.29 is 22.7 Å². The zero-order valence-electron chi connectivity index (χ0n) is 22.2. The van der Waals surface area contributed by atoms with E-state index in [4.69, 9.17) is 0 Å². The van der Waals surface area contributed by atoms with Gasteiger partial charge in [-0.25, -0.2) is 9.67 Å². The van der Waals surface area contributed by atoms with E-state index in [0.717, 1.165) is 40.8 Å². The number of para-hydroxylation sites is 1. The molecular weight excluding hydrogens is 553 g/mol. The minimum Gasteiger partial charge on any atom is -0.406 e. The van der Waals surface area contributed by atoms with Crippen LogP contribution in [0.1, 0.15) is 30.0 Å². The average Bonchev–Trinajstić information content (AvgIpc) is 3.57. The van der Waals surface area contributed by atoms with Crippen LogP contribution in [0.3, 0.4) is 0 Å². The van der Waals surface area contributed by atoms with Crippen molar-refractivity contribution in [2.45, 2.75) is 33.1 Å². The Hall–Kier alpha value is -4.45. The summed E-state index contributed by atoms with van der Waals surface area (Å²) >= 11 is 1.36. The average molecular weight is 579 g/mol. The summed E-state index contributed by atoms with van der Waals surface area (Å²) in [5.74, 6) is 0.430. The highest BCUT2D eigenvalue weighted by molar-refractivity contribution is 8.15. The number of aryl methyl sites for hydroxylation is 2. The van der Waals surface area contributed by atoms with E-state index < -0.39 is 6.36 Å². The molecule has 1 saturated heterocycles. The molecule has 0 bridgehead atoms. The summed E-state index contributed by atoms with van der Waals surface area (Å²) in [7, 11) is 0. The molecule has 0 atom stereocenters. The number of amides is 1. The van der Waals surface area contributed by atoms with Gasteiger partial charge in [0.05, 0.1) is 23.3 Å². The maximum atomic E-state index is 12.8. The highest BCUT2D eigenvalue weighted by Crippen LogP contribution is 2.33. The Morgan fingerprint density at radius 2 is 1.83 bits per heavy atom. The van der Waals surface area contributed by atoms with Gasteiger partial charge in [-0.3, -0.25) is 9.69 Å². The van der Waals surface area contributed by atoms with Crippen LogP contribution < -0.4 is 9.64 Å². The number of thioether (sulfide) groups is 1. The van der Waals surface area contributed by atoms with Gasteiger partial charge in [-0.2, -0.15) is 5.10 Å². The molecule has 0 unspecified atom stereocenters. The fourth-order valence-corrected chi connectivity index (χ4v) is 5.16. The molecular formula is C29H25F3N6O2S. The van der Waals surface area contributed by atoms with Crippen LogP contribution in [-0.2, 0) is 11.2 Å². The van der Waals surface area contributed by atoms with Crippen LogP contribution in [-0.4, -0.2) is 44.2 Å². The SMILES string of the molecule is CCCc1cccc(C)c1N1C(=O)CS/C1=N\N=C\c1ccc(-c2ncn(-c3ccc(OC(F)(F)F)cc3)n2)cc1. The number of nitrogens with zero attached hydrogens (tertiary/aromatic N) is 6. The second-order valence-corrected chi connectivity index (χ2v) is 10.1. The maximum absolute atomic E-state index is 12.8.